The van der Waals surface area contributed by atoms with Crippen LogP contribution in [0.1, 0.15) is 35.2 Å². The van der Waals surface area contributed by atoms with Gasteiger partial charge in [0.1, 0.15) is 0 Å². The number of carbonyl (C=O) groups excluding carboxylic acids is 1. The van der Waals surface area contributed by atoms with Crippen LogP contribution in [0.5, 0.6) is 0 Å². The van der Waals surface area contributed by atoms with Gasteiger partial charge in [0.15, 0.2) is 0 Å². The summed E-state index contributed by atoms with van der Waals surface area (Å²) in [4.78, 5) is 24.6. The van der Waals surface area contributed by atoms with Crippen LogP contribution < -0.4 is 5.32 Å². The molecule has 6 nitrogen and oxygen atoms in total. The largest absolute Gasteiger partial charge is 0.478 e. The Morgan fingerprint density at radius 2 is 1.90 bits per heavy atom. The number of benzene rings is 1. The molecule has 0 unspecified atom stereocenters. The third kappa shape index (κ3) is 3.95. The number of carboxylic acids is 1. The van der Waals surface area contributed by atoms with Gasteiger partial charge in [-0.2, -0.15) is 0 Å². The molecular weight excluding hydrogens is 272 g/mol. The molecule has 0 saturated heterocycles. The van der Waals surface area contributed by atoms with Crippen molar-refractivity contribution in [3.63, 3.8) is 0 Å². The summed E-state index contributed by atoms with van der Waals surface area (Å²) in [6.45, 7) is 0.638. The van der Waals surface area contributed by atoms with Gasteiger partial charge in [0.05, 0.1) is 12.2 Å². The minimum absolute atomic E-state index is 0.0444. The quantitative estimate of drug-likeness (QED) is 0.740. The lowest BCUT2D eigenvalue weighted by molar-refractivity contribution is 0.0697. The molecule has 3 N–H and O–H groups in total. The number of carboxylic acid groups (broad SMARTS) is 1. The molecule has 0 spiro atoms. The molecule has 1 aliphatic rings. The summed E-state index contributed by atoms with van der Waals surface area (Å²) >= 11 is 0. The molecule has 1 fully saturated rings. The van der Waals surface area contributed by atoms with Crippen LogP contribution in [0.3, 0.4) is 0 Å². The molecule has 114 valence electrons. The van der Waals surface area contributed by atoms with Gasteiger partial charge in [-0.15, -0.1) is 0 Å². The van der Waals surface area contributed by atoms with Gasteiger partial charge >= 0.3 is 12.0 Å². The van der Waals surface area contributed by atoms with Crippen molar-refractivity contribution in [3.05, 3.63) is 35.4 Å². The molecule has 0 aromatic heterocycles. The van der Waals surface area contributed by atoms with Gasteiger partial charge in [-0.3, -0.25) is 0 Å². The molecule has 21 heavy (non-hydrogen) atoms. The predicted molar refractivity (Wildman–Crippen MR) is 77.1 cm³/mol. The molecule has 1 aromatic rings. The van der Waals surface area contributed by atoms with Gasteiger partial charge in [-0.1, -0.05) is 12.1 Å². The van der Waals surface area contributed by atoms with E-state index in [-0.39, 0.29) is 24.2 Å². The van der Waals surface area contributed by atoms with E-state index in [1.54, 1.807) is 17.0 Å². The van der Waals surface area contributed by atoms with Gasteiger partial charge in [0.25, 0.3) is 0 Å². The normalized spacial score (nSPS) is 14.3. The maximum absolute atomic E-state index is 12.1. The Labute approximate surface area is 123 Å². The molecule has 1 aromatic carbocycles. The Kier molecular flexibility index (Phi) is 5.16. The number of aliphatic hydroxyl groups excluding tert-OH is 1. The Balaban J connectivity index is 1.88. The fourth-order valence-electron chi connectivity index (χ4n) is 2.30. The monoisotopic (exact) mass is 292 g/mol. The van der Waals surface area contributed by atoms with Crippen molar-refractivity contribution in [3.8, 4) is 0 Å². The summed E-state index contributed by atoms with van der Waals surface area (Å²) in [6, 6.07) is 6.44. The summed E-state index contributed by atoms with van der Waals surface area (Å²) < 4.78 is 0. The standard InChI is InChI=1S/C15H20N2O4/c18-9-8-17(13-2-1-3-13)15(21)16-10-11-4-6-12(7-5-11)14(19)20/h4-7,13,18H,1-3,8-10H2,(H,16,21)(H,19,20). The van der Waals surface area contributed by atoms with E-state index in [0.29, 0.717) is 13.1 Å². The lowest BCUT2D eigenvalue weighted by atomic mass is 9.92. The number of amides is 2. The fourth-order valence-corrected chi connectivity index (χ4v) is 2.30. The third-order valence-corrected chi connectivity index (χ3v) is 3.76. The highest BCUT2D eigenvalue weighted by atomic mass is 16.4. The number of carbonyl (C=O) groups is 2. The number of nitrogens with one attached hydrogen (secondary N) is 1. The summed E-state index contributed by atoms with van der Waals surface area (Å²) in [7, 11) is 0. The number of aromatic carboxylic acids is 1. The van der Waals surface area contributed by atoms with Gasteiger partial charge < -0.3 is 20.4 Å². The molecule has 0 aliphatic heterocycles. The molecule has 0 bridgehead atoms. The van der Waals surface area contributed by atoms with E-state index < -0.39 is 5.97 Å². The average Bonchev–Trinajstić information content (AvgIpc) is 2.43. The van der Waals surface area contributed by atoms with Crippen LogP contribution in [-0.2, 0) is 6.54 Å². The topological polar surface area (TPSA) is 89.9 Å². The molecule has 2 amide bonds. The summed E-state index contributed by atoms with van der Waals surface area (Å²) in [6.07, 6.45) is 3.10. The highest BCUT2D eigenvalue weighted by molar-refractivity contribution is 5.87. The van der Waals surface area contributed by atoms with E-state index in [2.05, 4.69) is 5.32 Å². The molecule has 1 saturated carbocycles. The zero-order valence-electron chi connectivity index (χ0n) is 11.8. The first-order valence-corrected chi connectivity index (χ1v) is 7.09. The van der Waals surface area contributed by atoms with Crippen molar-refractivity contribution in [2.45, 2.75) is 31.8 Å². The van der Waals surface area contributed by atoms with Gasteiger partial charge in [-0.25, -0.2) is 9.59 Å². The number of hydrogen-bond acceptors (Lipinski definition) is 3. The van der Waals surface area contributed by atoms with E-state index in [1.165, 1.54) is 12.1 Å². The van der Waals surface area contributed by atoms with Gasteiger partial charge in [0.2, 0.25) is 0 Å². The van der Waals surface area contributed by atoms with Crippen molar-refractivity contribution in [2.24, 2.45) is 0 Å². The summed E-state index contributed by atoms with van der Waals surface area (Å²) in [5.41, 5.74) is 1.06. The average molecular weight is 292 g/mol. The molecule has 0 radical (unpaired) electrons. The number of urea groups is 1. The second kappa shape index (κ2) is 7.08. The zero-order valence-corrected chi connectivity index (χ0v) is 11.8. The van der Waals surface area contributed by atoms with E-state index in [9.17, 15) is 9.59 Å². The summed E-state index contributed by atoms with van der Waals surface area (Å²) in [5.74, 6) is -0.968. The molecule has 2 rings (SSSR count). The molecule has 1 aliphatic carbocycles. The van der Waals surface area contributed by atoms with Gasteiger partial charge in [-0.05, 0) is 37.0 Å². The molecule has 6 heteroatoms. The lowest BCUT2D eigenvalue weighted by Crippen LogP contribution is -2.49. The lowest BCUT2D eigenvalue weighted by Gasteiger charge is -2.37. The first-order valence-electron chi connectivity index (χ1n) is 7.09. The van der Waals surface area contributed by atoms with Crippen LogP contribution in [0.15, 0.2) is 24.3 Å². The van der Waals surface area contributed by atoms with Crippen molar-refractivity contribution in [1.82, 2.24) is 10.2 Å². The second-order valence-corrected chi connectivity index (χ2v) is 5.16. The minimum atomic E-state index is -0.968. The SMILES string of the molecule is O=C(O)c1ccc(CNC(=O)N(CCO)C2CCC2)cc1. The molecule has 0 atom stereocenters. The highest BCUT2D eigenvalue weighted by Crippen LogP contribution is 2.24. The van der Waals surface area contributed by atoms with Crippen molar-refractivity contribution >= 4 is 12.0 Å². The van der Waals surface area contributed by atoms with Crippen molar-refractivity contribution in [1.29, 1.82) is 0 Å². The number of rotatable bonds is 6. The van der Waals surface area contributed by atoms with Crippen LogP contribution in [-0.4, -0.2) is 46.3 Å². The molecular formula is C15H20N2O4. The van der Waals surface area contributed by atoms with Gasteiger partial charge in [0, 0.05) is 19.1 Å². The van der Waals surface area contributed by atoms with Crippen LogP contribution in [0.2, 0.25) is 0 Å². The Hall–Kier alpha value is -2.08. The smallest absolute Gasteiger partial charge is 0.335 e. The Morgan fingerprint density at radius 1 is 1.24 bits per heavy atom. The van der Waals surface area contributed by atoms with Crippen LogP contribution in [0.25, 0.3) is 0 Å². The summed E-state index contributed by atoms with van der Waals surface area (Å²) in [5, 5.41) is 20.7. The van der Waals surface area contributed by atoms with Crippen molar-refractivity contribution < 1.29 is 19.8 Å². The van der Waals surface area contributed by atoms with E-state index in [0.717, 1.165) is 24.8 Å². The van der Waals surface area contributed by atoms with Crippen molar-refractivity contribution in [2.75, 3.05) is 13.2 Å². The highest BCUT2D eigenvalue weighted by Gasteiger charge is 2.28. The first-order chi connectivity index (χ1) is 10.1. The van der Waals surface area contributed by atoms with E-state index in [4.69, 9.17) is 10.2 Å². The number of aliphatic hydroxyl groups is 1. The predicted octanol–water partition coefficient (Wildman–Crippen LogP) is 1.44. The minimum Gasteiger partial charge on any atom is -0.478 e. The zero-order chi connectivity index (χ0) is 15.2. The number of nitrogens with zero attached hydrogens (tertiary/aromatic N) is 1. The molecule has 0 heterocycles. The number of hydrogen-bond donors (Lipinski definition) is 3. The van der Waals surface area contributed by atoms with Crippen LogP contribution >= 0.6 is 0 Å². The second-order valence-electron chi connectivity index (χ2n) is 5.16. The third-order valence-electron chi connectivity index (χ3n) is 3.76. The Bertz CT molecular complexity index is 497. The van der Waals surface area contributed by atoms with E-state index in [1.807, 2.05) is 0 Å². The van der Waals surface area contributed by atoms with Crippen LogP contribution in [0, 0.1) is 0 Å². The Morgan fingerprint density at radius 3 is 2.38 bits per heavy atom. The first kappa shape index (κ1) is 15.3. The van der Waals surface area contributed by atoms with E-state index >= 15 is 0 Å². The van der Waals surface area contributed by atoms with Crippen LogP contribution in [0.4, 0.5) is 4.79 Å². The maximum Gasteiger partial charge on any atom is 0.335 e. The maximum atomic E-state index is 12.1. The fraction of sp³-hybridized carbons (Fsp3) is 0.467.